The Morgan fingerprint density at radius 2 is 2.05 bits per heavy atom. The van der Waals surface area contributed by atoms with Gasteiger partial charge in [-0.1, -0.05) is 0 Å². The Balaban J connectivity index is 2.37. The number of unbranched alkanes of at least 4 members (excludes halogenated alkanes) is 1. The Kier molecular flexibility index (Phi) is 4.17. The highest BCUT2D eigenvalue weighted by Crippen LogP contribution is 2.32. The van der Waals surface area contributed by atoms with Crippen LogP contribution in [-0.4, -0.2) is 23.3 Å². The van der Waals surface area contributed by atoms with Gasteiger partial charge in [-0.3, -0.25) is 0 Å². The smallest absolute Gasteiger partial charge is 0.399 e. The summed E-state index contributed by atoms with van der Waals surface area (Å²) in [5, 5.41) is 0. The third-order valence-corrected chi connectivity index (χ3v) is 3.01. The van der Waals surface area contributed by atoms with E-state index in [9.17, 15) is 13.2 Å². The number of nitrogens with two attached hydrogens (primary N) is 1. The van der Waals surface area contributed by atoms with Crippen molar-refractivity contribution in [3.8, 4) is 0 Å². The highest BCUT2D eigenvalue weighted by molar-refractivity contribution is 5.79. The van der Waals surface area contributed by atoms with Crippen molar-refractivity contribution >= 4 is 16.7 Å². The molecule has 2 aromatic rings. The van der Waals surface area contributed by atoms with E-state index >= 15 is 0 Å². The summed E-state index contributed by atoms with van der Waals surface area (Å²) in [6.45, 7) is 0.777. The first-order valence-electron chi connectivity index (χ1n) is 6.25. The molecule has 0 aliphatic rings. The van der Waals surface area contributed by atoms with Gasteiger partial charge < -0.3 is 15.0 Å². The number of aromatic nitrogens is 2. The van der Waals surface area contributed by atoms with Gasteiger partial charge in [0.25, 0.3) is 0 Å². The molecule has 20 heavy (non-hydrogen) atoms. The van der Waals surface area contributed by atoms with Crippen LogP contribution in [0.1, 0.15) is 18.7 Å². The van der Waals surface area contributed by atoms with Gasteiger partial charge in [-0.05, 0) is 31.0 Å². The number of nitrogens with zero attached hydrogens (tertiary/aromatic N) is 2. The molecule has 0 saturated heterocycles. The van der Waals surface area contributed by atoms with Gasteiger partial charge in [-0.2, -0.15) is 13.2 Å². The molecule has 110 valence electrons. The average molecular weight is 287 g/mol. The molecule has 0 atom stereocenters. The van der Waals surface area contributed by atoms with Crippen LogP contribution in [0.4, 0.5) is 18.9 Å². The van der Waals surface area contributed by atoms with Gasteiger partial charge in [-0.25, -0.2) is 4.98 Å². The molecular formula is C13H16F3N3O. The van der Waals surface area contributed by atoms with Gasteiger partial charge >= 0.3 is 6.18 Å². The summed E-state index contributed by atoms with van der Waals surface area (Å²) in [4.78, 5) is 3.67. The van der Waals surface area contributed by atoms with Crippen molar-refractivity contribution < 1.29 is 17.9 Å². The molecule has 0 spiro atoms. The van der Waals surface area contributed by atoms with Crippen LogP contribution in [0.3, 0.4) is 0 Å². The van der Waals surface area contributed by atoms with Gasteiger partial charge in [0.1, 0.15) is 0 Å². The number of ether oxygens (including phenoxy) is 1. The summed E-state index contributed by atoms with van der Waals surface area (Å²) in [7, 11) is 1.57. The number of anilines is 1. The minimum absolute atomic E-state index is 0.249. The van der Waals surface area contributed by atoms with E-state index in [4.69, 9.17) is 10.5 Å². The lowest BCUT2D eigenvalue weighted by Crippen LogP contribution is -2.15. The Morgan fingerprint density at radius 3 is 2.70 bits per heavy atom. The molecule has 0 unspecified atom stereocenters. The first kappa shape index (κ1) is 14.6. The van der Waals surface area contributed by atoms with Crippen LogP contribution in [0.2, 0.25) is 0 Å². The van der Waals surface area contributed by atoms with Crippen molar-refractivity contribution in [2.24, 2.45) is 0 Å². The summed E-state index contributed by atoms with van der Waals surface area (Å²) in [5.41, 5.74) is 6.70. The Bertz CT molecular complexity index is 592. The molecule has 0 aliphatic carbocycles. The van der Waals surface area contributed by atoms with Crippen LogP contribution < -0.4 is 5.73 Å². The molecular weight excluding hydrogens is 271 g/mol. The number of alkyl halides is 3. The Morgan fingerprint density at radius 1 is 1.30 bits per heavy atom. The zero-order valence-electron chi connectivity index (χ0n) is 11.1. The number of fused-ring (bicyclic) bond motifs is 1. The number of hydrogen-bond donors (Lipinski definition) is 1. The van der Waals surface area contributed by atoms with E-state index in [1.807, 2.05) is 0 Å². The summed E-state index contributed by atoms with van der Waals surface area (Å²) in [6.07, 6.45) is -3.19. The lowest BCUT2D eigenvalue weighted by Gasteiger charge is -2.11. The van der Waals surface area contributed by atoms with E-state index < -0.39 is 12.0 Å². The maximum atomic E-state index is 13.0. The largest absolute Gasteiger partial charge is 0.449 e. The third kappa shape index (κ3) is 3.04. The molecule has 1 heterocycles. The first-order valence-corrected chi connectivity index (χ1v) is 6.25. The van der Waals surface area contributed by atoms with E-state index in [2.05, 4.69) is 4.98 Å². The second-order valence-electron chi connectivity index (χ2n) is 4.53. The minimum Gasteiger partial charge on any atom is -0.399 e. The fraction of sp³-hybridized carbons (Fsp3) is 0.462. The number of nitrogen functional groups attached to an aromatic ring is 1. The van der Waals surface area contributed by atoms with Gasteiger partial charge in [0, 0.05) is 25.9 Å². The lowest BCUT2D eigenvalue weighted by molar-refractivity contribution is -0.147. The quantitative estimate of drug-likeness (QED) is 0.679. The summed E-state index contributed by atoms with van der Waals surface area (Å²) in [6, 6.07) is 4.61. The molecule has 0 aliphatic heterocycles. The molecule has 4 nitrogen and oxygen atoms in total. The van der Waals surface area contributed by atoms with Crippen LogP contribution in [0, 0.1) is 0 Å². The molecule has 1 aromatic heterocycles. The fourth-order valence-corrected chi connectivity index (χ4v) is 2.11. The summed E-state index contributed by atoms with van der Waals surface area (Å²) < 4.78 is 45.2. The van der Waals surface area contributed by atoms with Crippen molar-refractivity contribution in [2.45, 2.75) is 25.6 Å². The Hall–Kier alpha value is -1.76. The van der Waals surface area contributed by atoms with Gasteiger partial charge in [0.15, 0.2) is 0 Å². The van der Waals surface area contributed by atoms with Crippen molar-refractivity contribution in [3.63, 3.8) is 0 Å². The maximum absolute atomic E-state index is 13.0. The predicted molar refractivity (Wildman–Crippen MR) is 70.3 cm³/mol. The topological polar surface area (TPSA) is 53.1 Å². The van der Waals surface area contributed by atoms with Crippen LogP contribution >= 0.6 is 0 Å². The van der Waals surface area contributed by atoms with Crippen LogP contribution in [-0.2, 0) is 17.5 Å². The molecule has 0 fully saturated rings. The number of imidazole rings is 1. The van der Waals surface area contributed by atoms with E-state index in [0.717, 1.165) is 0 Å². The third-order valence-electron chi connectivity index (χ3n) is 3.01. The van der Waals surface area contributed by atoms with Gasteiger partial charge in [-0.15, -0.1) is 0 Å². The van der Waals surface area contributed by atoms with E-state index in [1.165, 1.54) is 10.6 Å². The number of methoxy groups -OCH3 is 1. The normalized spacial score (nSPS) is 12.2. The minimum atomic E-state index is -4.48. The van der Waals surface area contributed by atoms with E-state index in [1.54, 1.807) is 19.2 Å². The first-order chi connectivity index (χ1) is 9.43. The lowest BCUT2D eigenvalue weighted by atomic mass is 10.2. The monoisotopic (exact) mass is 287 g/mol. The van der Waals surface area contributed by atoms with Crippen LogP contribution in [0.25, 0.3) is 11.0 Å². The van der Waals surface area contributed by atoms with Crippen LogP contribution in [0.5, 0.6) is 0 Å². The molecule has 0 saturated carbocycles. The zero-order valence-corrected chi connectivity index (χ0v) is 11.1. The van der Waals surface area contributed by atoms with Crippen molar-refractivity contribution in [1.82, 2.24) is 9.55 Å². The number of aryl methyl sites for hydroxylation is 1. The number of benzene rings is 1. The summed E-state index contributed by atoms with van der Waals surface area (Å²) in [5.74, 6) is -0.879. The van der Waals surface area contributed by atoms with E-state index in [-0.39, 0.29) is 12.1 Å². The molecule has 1 aromatic carbocycles. The number of halogens is 3. The predicted octanol–water partition coefficient (Wildman–Crippen LogP) is 3.06. The zero-order chi connectivity index (χ0) is 14.8. The molecule has 0 amide bonds. The Labute approximate surface area is 114 Å². The van der Waals surface area contributed by atoms with Crippen LogP contribution in [0.15, 0.2) is 18.2 Å². The highest BCUT2D eigenvalue weighted by atomic mass is 19.4. The second kappa shape index (κ2) is 5.70. The molecule has 0 bridgehead atoms. The summed E-state index contributed by atoms with van der Waals surface area (Å²) >= 11 is 0. The standard InChI is InChI=1S/C13H16F3N3O/c1-20-7-3-2-6-19-11-5-4-9(17)8-10(11)18-12(19)13(14,15)16/h4-5,8H,2-3,6-7,17H2,1H3. The maximum Gasteiger partial charge on any atom is 0.449 e. The number of hydrogen-bond acceptors (Lipinski definition) is 3. The SMILES string of the molecule is COCCCCn1c(C(F)(F)F)nc2cc(N)ccc21. The van der Waals surface area contributed by atoms with E-state index in [0.29, 0.717) is 30.7 Å². The van der Waals surface area contributed by atoms with Crippen molar-refractivity contribution in [1.29, 1.82) is 0 Å². The highest BCUT2D eigenvalue weighted by Gasteiger charge is 2.37. The van der Waals surface area contributed by atoms with Crippen molar-refractivity contribution in [3.05, 3.63) is 24.0 Å². The van der Waals surface area contributed by atoms with Gasteiger partial charge in [0.05, 0.1) is 11.0 Å². The molecule has 2 N–H and O–H groups in total. The average Bonchev–Trinajstić information content (AvgIpc) is 2.72. The number of rotatable bonds is 5. The molecule has 7 heteroatoms. The molecule has 2 rings (SSSR count). The fourth-order valence-electron chi connectivity index (χ4n) is 2.11. The second-order valence-corrected chi connectivity index (χ2v) is 4.53. The molecule has 0 radical (unpaired) electrons. The van der Waals surface area contributed by atoms with Crippen molar-refractivity contribution in [2.75, 3.05) is 19.5 Å². The van der Waals surface area contributed by atoms with Gasteiger partial charge in [0.2, 0.25) is 5.82 Å².